The molecule has 188 valence electrons. The second-order valence-electron chi connectivity index (χ2n) is 9.15. The first kappa shape index (κ1) is 26.3. The van der Waals surface area contributed by atoms with Crippen LogP contribution in [0.15, 0.2) is 53.3 Å². The summed E-state index contributed by atoms with van der Waals surface area (Å²) < 4.78 is 44.5. The zero-order valence-corrected chi connectivity index (χ0v) is 20.2. The Morgan fingerprint density at radius 2 is 1.69 bits per heavy atom. The topological polar surface area (TPSA) is 64.2 Å². The number of benzene rings is 2. The van der Waals surface area contributed by atoms with E-state index in [1.807, 2.05) is 20.8 Å². The van der Waals surface area contributed by atoms with Crippen LogP contribution in [0.5, 0.6) is 0 Å². The number of aromatic nitrogens is 2. The lowest BCUT2D eigenvalue weighted by molar-refractivity contribution is -0.144. The minimum atomic E-state index is -4.63. The molecule has 0 aliphatic heterocycles. The quantitative estimate of drug-likeness (QED) is 0.356. The van der Waals surface area contributed by atoms with Crippen LogP contribution in [0.25, 0.3) is 11.1 Å². The van der Waals surface area contributed by atoms with Crippen molar-refractivity contribution in [2.75, 3.05) is 0 Å². The van der Waals surface area contributed by atoms with Gasteiger partial charge in [0.2, 0.25) is 0 Å². The average molecular weight is 489 g/mol. The Labute approximate surface area is 202 Å². The highest BCUT2D eigenvalue weighted by Crippen LogP contribution is 2.33. The maximum atomic E-state index is 14.1. The number of carboxylic acids is 1. The Morgan fingerprint density at radius 3 is 2.26 bits per heavy atom. The first-order chi connectivity index (χ1) is 16.5. The summed E-state index contributed by atoms with van der Waals surface area (Å²) in [7, 11) is 0. The molecule has 3 aromatic rings. The highest BCUT2D eigenvalue weighted by atomic mass is 19.4. The molecule has 1 aromatic heterocycles. The average Bonchev–Trinajstić information content (AvgIpc) is 3.07. The zero-order valence-electron chi connectivity index (χ0n) is 20.2. The van der Waals surface area contributed by atoms with Crippen LogP contribution in [0, 0.1) is 5.92 Å². The summed E-state index contributed by atoms with van der Waals surface area (Å²) in [4.78, 5) is 24.7. The molecular formula is C27H31F3N2O3. The third kappa shape index (κ3) is 6.05. The number of carboxylic acid groups (broad SMARTS) is 1. The number of halogens is 3. The van der Waals surface area contributed by atoms with Crippen molar-refractivity contribution in [3.05, 3.63) is 81.5 Å². The van der Waals surface area contributed by atoms with Crippen molar-refractivity contribution >= 4 is 5.97 Å². The van der Waals surface area contributed by atoms with Crippen LogP contribution in [0.4, 0.5) is 13.2 Å². The van der Waals surface area contributed by atoms with Gasteiger partial charge in [0.25, 0.3) is 0 Å². The van der Waals surface area contributed by atoms with Gasteiger partial charge in [-0.1, -0.05) is 69.7 Å². The summed E-state index contributed by atoms with van der Waals surface area (Å²) in [6, 6.07) is 13.5. The molecule has 35 heavy (non-hydrogen) atoms. The van der Waals surface area contributed by atoms with Crippen molar-refractivity contribution in [3.8, 4) is 11.1 Å². The molecule has 8 heteroatoms. The van der Waals surface area contributed by atoms with E-state index in [0.29, 0.717) is 36.0 Å². The maximum Gasteiger partial charge on any atom is 0.433 e. The van der Waals surface area contributed by atoms with Crippen LogP contribution in [-0.2, 0) is 25.7 Å². The number of alkyl halides is 3. The summed E-state index contributed by atoms with van der Waals surface area (Å²) in [6.07, 6.45) is -2.74. The Hall–Kier alpha value is -3.29. The Bertz CT molecular complexity index is 1220. The van der Waals surface area contributed by atoms with E-state index in [4.69, 9.17) is 0 Å². The molecule has 5 nitrogen and oxygen atoms in total. The molecule has 0 spiro atoms. The van der Waals surface area contributed by atoms with Crippen molar-refractivity contribution in [1.82, 2.24) is 9.13 Å². The highest BCUT2D eigenvalue weighted by Gasteiger charge is 2.40. The molecule has 3 rings (SSSR count). The van der Waals surface area contributed by atoms with E-state index in [-0.39, 0.29) is 36.7 Å². The summed E-state index contributed by atoms with van der Waals surface area (Å²) in [5, 5.41) is 9.45. The van der Waals surface area contributed by atoms with Gasteiger partial charge in [-0.15, -0.1) is 0 Å². The minimum absolute atomic E-state index is 0.0104. The van der Waals surface area contributed by atoms with E-state index in [9.17, 15) is 27.9 Å². The third-order valence-corrected chi connectivity index (χ3v) is 6.06. The van der Waals surface area contributed by atoms with Gasteiger partial charge in [0.1, 0.15) is 5.69 Å². The van der Waals surface area contributed by atoms with Crippen LogP contribution in [0.3, 0.4) is 0 Å². The van der Waals surface area contributed by atoms with Crippen LogP contribution in [0.2, 0.25) is 0 Å². The van der Waals surface area contributed by atoms with Gasteiger partial charge < -0.3 is 5.11 Å². The summed E-state index contributed by atoms with van der Waals surface area (Å²) in [5.41, 5.74) is 0.579. The number of nitrogens with zero attached hydrogens (tertiary/aromatic N) is 2. The lowest BCUT2D eigenvalue weighted by Crippen LogP contribution is -2.27. The van der Waals surface area contributed by atoms with E-state index < -0.39 is 23.5 Å². The fourth-order valence-electron chi connectivity index (χ4n) is 4.21. The van der Waals surface area contributed by atoms with E-state index >= 15 is 0 Å². The number of imidazole rings is 1. The number of aromatic carboxylic acids is 1. The van der Waals surface area contributed by atoms with Gasteiger partial charge in [0, 0.05) is 6.54 Å². The Morgan fingerprint density at radius 1 is 1.03 bits per heavy atom. The molecule has 0 amide bonds. The van der Waals surface area contributed by atoms with Gasteiger partial charge in [0.15, 0.2) is 0 Å². The first-order valence-electron chi connectivity index (χ1n) is 11.9. The summed E-state index contributed by atoms with van der Waals surface area (Å²) in [5.74, 6) is -0.883. The second-order valence-corrected chi connectivity index (χ2v) is 9.15. The monoisotopic (exact) mass is 488 g/mol. The normalized spacial score (nSPS) is 11.9. The highest BCUT2D eigenvalue weighted by molar-refractivity contribution is 5.95. The van der Waals surface area contributed by atoms with E-state index in [2.05, 4.69) is 0 Å². The first-order valence-corrected chi connectivity index (χ1v) is 11.9. The minimum Gasteiger partial charge on any atom is -0.478 e. The van der Waals surface area contributed by atoms with Gasteiger partial charge in [-0.2, -0.15) is 13.2 Å². The molecule has 2 aromatic carbocycles. The smallest absolute Gasteiger partial charge is 0.433 e. The number of hydrogen-bond acceptors (Lipinski definition) is 2. The molecule has 0 saturated carbocycles. The van der Waals surface area contributed by atoms with Crippen molar-refractivity contribution < 1.29 is 23.1 Å². The van der Waals surface area contributed by atoms with Gasteiger partial charge in [0.05, 0.1) is 17.8 Å². The van der Waals surface area contributed by atoms with Crippen molar-refractivity contribution in [1.29, 1.82) is 0 Å². The van der Waals surface area contributed by atoms with Crippen molar-refractivity contribution in [2.45, 2.75) is 65.7 Å². The molecule has 0 bridgehead atoms. The molecule has 0 radical (unpaired) electrons. The second kappa shape index (κ2) is 11.0. The number of unbranched alkanes of at least 4 members (excludes halogenated alkanes) is 1. The summed E-state index contributed by atoms with van der Waals surface area (Å²) >= 11 is 0. The number of carbonyl (C=O) groups is 1. The predicted molar refractivity (Wildman–Crippen MR) is 130 cm³/mol. The molecule has 1 N–H and O–H groups in total. The van der Waals surface area contributed by atoms with Crippen LogP contribution >= 0.6 is 0 Å². The molecule has 0 atom stereocenters. The summed E-state index contributed by atoms with van der Waals surface area (Å²) in [6.45, 7) is 5.76. The standard InChI is InChI=1S/C27H31F3N2O3/c1-4-5-10-23-24(27(28,29)30)31(16-15-18(2)3)26(35)32(23)17-19-11-13-20(14-12-19)21-8-6-7-9-22(21)25(33)34/h6-9,11-14,18H,4-5,10,15-17H2,1-3H3,(H,33,34). The molecular weight excluding hydrogens is 457 g/mol. The molecule has 0 unspecified atom stereocenters. The predicted octanol–water partition coefficient (Wildman–Crippen LogP) is 6.47. The molecule has 0 aliphatic rings. The van der Waals surface area contributed by atoms with E-state index in [1.54, 1.807) is 42.5 Å². The van der Waals surface area contributed by atoms with E-state index in [1.165, 1.54) is 10.6 Å². The SMILES string of the molecule is CCCCc1c(C(F)(F)F)n(CCC(C)C)c(=O)n1Cc1ccc(-c2ccccc2C(=O)O)cc1. The molecule has 0 aliphatic carbocycles. The maximum absolute atomic E-state index is 14.1. The van der Waals surface area contributed by atoms with Crippen molar-refractivity contribution in [2.24, 2.45) is 5.92 Å². The van der Waals surface area contributed by atoms with E-state index in [0.717, 1.165) is 4.57 Å². The fourth-order valence-corrected chi connectivity index (χ4v) is 4.21. The van der Waals surface area contributed by atoms with Gasteiger partial charge in [-0.3, -0.25) is 9.13 Å². The number of rotatable bonds is 10. The van der Waals surface area contributed by atoms with Gasteiger partial charge in [-0.25, -0.2) is 9.59 Å². The zero-order chi connectivity index (χ0) is 25.8. The largest absolute Gasteiger partial charge is 0.478 e. The molecule has 0 saturated heterocycles. The Balaban J connectivity index is 2.03. The number of hydrogen-bond donors (Lipinski definition) is 1. The molecule has 1 heterocycles. The van der Waals surface area contributed by atoms with Gasteiger partial charge in [-0.05, 0) is 47.9 Å². The van der Waals surface area contributed by atoms with Crippen molar-refractivity contribution in [3.63, 3.8) is 0 Å². The van der Waals surface area contributed by atoms with Crippen LogP contribution in [-0.4, -0.2) is 20.2 Å². The Kier molecular flexibility index (Phi) is 8.25. The lowest BCUT2D eigenvalue weighted by atomic mass is 9.98. The van der Waals surface area contributed by atoms with Crippen LogP contribution < -0.4 is 5.69 Å². The molecule has 0 fully saturated rings. The van der Waals surface area contributed by atoms with Crippen LogP contribution in [0.1, 0.15) is 67.3 Å². The van der Waals surface area contributed by atoms with Gasteiger partial charge >= 0.3 is 17.8 Å². The third-order valence-electron chi connectivity index (χ3n) is 6.06. The lowest BCUT2D eigenvalue weighted by Gasteiger charge is -2.14. The fraction of sp³-hybridized carbons (Fsp3) is 0.407.